The molecule has 0 fully saturated rings. The van der Waals surface area contributed by atoms with Gasteiger partial charge in [0, 0.05) is 0 Å². The Bertz CT molecular complexity index is 196. The van der Waals surface area contributed by atoms with Crippen molar-refractivity contribution in [2.24, 2.45) is 5.92 Å². The molecule has 78 valence electrons. The van der Waals surface area contributed by atoms with Crippen LogP contribution in [0, 0.1) is 5.92 Å². The maximum atomic E-state index is 3.75. The van der Waals surface area contributed by atoms with Gasteiger partial charge in [-0.1, -0.05) is 43.0 Å². The Morgan fingerprint density at radius 1 is 1.14 bits per heavy atom. The van der Waals surface area contributed by atoms with Gasteiger partial charge in [0.15, 0.2) is 0 Å². The predicted octanol–water partition coefficient (Wildman–Crippen LogP) is 4.67. The van der Waals surface area contributed by atoms with E-state index >= 15 is 0 Å². The van der Waals surface area contributed by atoms with E-state index in [0.29, 0.717) is 5.92 Å². The van der Waals surface area contributed by atoms with Crippen LogP contribution in [0.25, 0.3) is 0 Å². The van der Waals surface area contributed by atoms with Crippen molar-refractivity contribution in [3.05, 3.63) is 49.6 Å². The fourth-order valence-corrected chi connectivity index (χ4v) is 1.44. The van der Waals surface area contributed by atoms with E-state index < -0.39 is 0 Å². The molecule has 1 atom stereocenters. The molecule has 0 heteroatoms. The zero-order chi connectivity index (χ0) is 10.6. The first kappa shape index (κ1) is 13.0. The topological polar surface area (TPSA) is 0 Å². The lowest BCUT2D eigenvalue weighted by molar-refractivity contribution is 0.555. The van der Waals surface area contributed by atoms with Gasteiger partial charge in [-0.05, 0) is 38.5 Å². The van der Waals surface area contributed by atoms with E-state index in [4.69, 9.17) is 0 Å². The Balaban J connectivity index is 3.77. The highest BCUT2D eigenvalue weighted by molar-refractivity contribution is 4.98. The first-order valence-electron chi connectivity index (χ1n) is 5.36. The molecule has 0 heterocycles. The molecule has 0 radical (unpaired) electrons. The lowest BCUT2D eigenvalue weighted by Crippen LogP contribution is -1.94. The van der Waals surface area contributed by atoms with E-state index in [1.165, 1.54) is 12.8 Å². The van der Waals surface area contributed by atoms with Crippen molar-refractivity contribution in [2.45, 2.75) is 32.6 Å². The smallest absolute Gasteiger partial charge is 0.0228 e. The van der Waals surface area contributed by atoms with Crippen LogP contribution in [0.4, 0.5) is 0 Å². The van der Waals surface area contributed by atoms with Crippen molar-refractivity contribution in [1.82, 2.24) is 0 Å². The maximum absolute atomic E-state index is 3.75. The molecule has 0 aliphatic carbocycles. The second kappa shape index (κ2) is 10.0. The zero-order valence-electron chi connectivity index (χ0n) is 9.28. The second-order valence-corrected chi connectivity index (χ2v) is 3.39. The van der Waals surface area contributed by atoms with Gasteiger partial charge in [0.05, 0.1) is 0 Å². The SMILES string of the molecule is C=CC=CCCC(C=CC)CCC=C. The lowest BCUT2D eigenvalue weighted by Gasteiger charge is -2.09. The molecule has 0 aliphatic heterocycles. The highest BCUT2D eigenvalue weighted by Gasteiger charge is 2.01. The number of rotatable bonds is 8. The van der Waals surface area contributed by atoms with Gasteiger partial charge in [-0.2, -0.15) is 0 Å². The fraction of sp³-hybridized carbons (Fsp3) is 0.429. The number of hydrogen-bond acceptors (Lipinski definition) is 0. The summed E-state index contributed by atoms with van der Waals surface area (Å²) in [7, 11) is 0. The average molecular weight is 190 g/mol. The third-order valence-corrected chi connectivity index (χ3v) is 2.18. The van der Waals surface area contributed by atoms with Gasteiger partial charge in [0.1, 0.15) is 0 Å². The Kier molecular flexibility index (Phi) is 9.30. The van der Waals surface area contributed by atoms with Crippen molar-refractivity contribution in [2.75, 3.05) is 0 Å². The minimum atomic E-state index is 0.701. The Hall–Kier alpha value is -1.04. The molecule has 0 spiro atoms. The van der Waals surface area contributed by atoms with Crippen LogP contribution in [-0.2, 0) is 0 Å². The standard InChI is InChI=1S/C14H22/c1-4-7-9-10-13-14(11-6-3)12-8-5-2/h4-7,9,11,14H,1-2,8,10,12-13H2,3H3. The summed E-state index contributed by atoms with van der Waals surface area (Å²) < 4.78 is 0. The van der Waals surface area contributed by atoms with E-state index in [1.54, 1.807) is 0 Å². The molecule has 0 saturated heterocycles. The predicted molar refractivity (Wildman–Crippen MR) is 66.3 cm³/mol. The van der Waals surface area contributed by atoms with Crippen LogP contribution in [0.15, 0.2) is 49.6 Å². The third kappa shape index (κ3) is 7.60. The Morgan fingerprint density at radius 2 is 1.86 bits per heavy atom. The first-order chi connectivity index (χ1) is 6.85. The summed E-state index contributed by atoms with van der Waals surface area (Å²) in [4.78, 5) is 0. The molecule has 0 aliphatic rings. The van der Waals surface area contributed by atoms with E-state index in [-0.39, 0.29) is 0 Å². The summed E-state index contributed by atoms with van der Waals surface area (Å²) in [6.45, 7) is 9.48. The van der Waals surface area contributed by atoms with Crippen molar-refractivity contribution in [3.8, 4) is 0 Å². The summed E-state index contributed by atoms with van der Waals surface area (Å²) >= 11 is 0. The summed E-state index contributed by atoms with van der Waals surface area (Å²) in [5, 5.41) is 0. The van der Waals surface area contributed by atoms with Gasteiger partial charge >= 0.3 is 0 Å². The van der Waals surface area contributed by atoms with Crippen molar-refractivity contribution >= 4 is 0 Å². The van der Waals surface area contributed by atoms with E-state index in [9.17, 15) is 0 Å². The molecule has 0 aromatic carbocycles. The zero-order valence-corrected chi connectivity index (χ0v) is 9.28. The molecule has 0 bridgehead atoms. The normalized spacial score (nSPS) is 13.5. The molecular formula is C14H22. The van der Waals surface area contributed by atoms with Gasteiger partial charge in [-0.25, -0.2) is 0 Å². The van der Waals surface area contributed by atoms with Gasteiger partial charge < -0.3 is 0 Å². The summed E-state index contributed by atoms with van der Waals surface area (Å²) in [6, 6.07) is 0. The molecule has 0 aromatic heterocycles. The van der Waals surface area contributed by atoms with Gasteiger partial charge in [-0.3, -0.25) is 0 Å². The molecule has 1 unspecified atom stereocenters. The van der Waals surface area contributed by atoms with Crippen molar-refractivity contribution in [1.29, 1.82) is 0 Å². The van der Waals surface area contributed by atoms with Crippen LogP contribution in [-0.4, -0.2) is 0 Å². The first-order valence-corrected chi connectivity index (χ1v) is 5.36. The van der Waals surface area contributed by atoms with E-state index in [2.05, 4.69) is 38.3 Å². The highest BCUT2D eigenvalue weighted by atomic mass is 14.1. The monoisotopic (exact) mass is 190 g/mol. The maximum Gasteiger partial charge on any atom is -0.0228 e. The molecule has 0 N–H and O–H groups in total. The average Bonchev–Trinajstić information content (AvgIpc) is 2.20. The minimum Gasteiger partial charge on any atom is -0.103 e. The van der Waals surface area contributed by atoms with Crippen LogP contribution < -0.4 is 0 Å². The number of hydrogen-bond donors (Lipinski definition) is 0. The minimum absolute atomic E-state index is 0.701. The Labute approximate surface area is 88.7 Å². The second-order valence-electron chi connectivity index (χ2n) is 3.39. The molecule has 0 saturated carbocycles. The van der Waals surface area contributed by atoms with Crippen molar-refractivity contribution in [3.63, 3.8) is 0 Å². The third-order valence-electron chi connectivity index (χ3n) is 2.18. The fourth-order valence-electron chi connectivity index (χ4n) is 1.44. The summed E-state index contributed by atoms with van der Waals surface area (Å²) in [6.07, 6.45) is 17.1. The molecular weight excluding hydrogens is 168 g/mol. The molecule has 0 rings (SSSR count). The van der Waals surface area contributed by atoms with Crippen LogP contribution in [0.3, 0.4) is 0 Å². The molecule has 0 nitrogen and oxygen atoms in total. The summed E-state index contributed by atoms with van der Waals surface area (Å²) in [5.74, 6) is 0.701. The highest BCUT2D eigenvalue weighted by Crippen LogP contribution is 2.15. The molecule has 0 amide bonds. The largest absolute Gasteiger partial charge is 0.103 e. The molecule has 0 aromatic rings. The van der Waals surface area contributed by atoms with Crippen LogP contribution in [0.5, 0.6) is 0 Å². The quantitative estimate of drug-likeness (QED) is 0.385. The van der Waals surface area contributed by atoms with E-state index in [1.807, 2.05) is 18.2 Å². The van der Waals surface area contributed by atoms with Crippen molar-refractivity contribution < 1.29 is 0 Å². The van der Waals surface area contributed by atoms with Crippen LogP contribution >= 0.6 is 0 Å². The number of allylic oxidation sites excluding steroid dienone is 6. The lowest BCUT2D eigenvalue weighted by atomic mass is 9.97. The summed E-state index contributed by atoms with van der Waals surface area (Å²) in [5.41, 5.74) is 0. The van der Waals surface area contributed by atoms with Gasteiger partial charge in [0.25, 0.3) is 0 Å². The van der Waals surface area contributed by atoms with E-state index in [0.717, 1.165) is 12.8 Å². The van der Waals surface area contributed by atoms with Crippen LogP contribution in [0.2, 0.25) is 0 Å². The van der Waals surface area contributed by atoms with Gasteiger partial charge in [-0.15, -0.1) is 6.58 Å². The van der Waals surface area contributed by atoms with Gasteiger partial charge in [0.2, 0.25) is 0 Å². The van der Waals surface area contributed by atoms with Crippen LogP contribution in [0.1, 0.15) is 32.6 Å². The Morgan fingerprint density at radius 3 is 2.43 bits per heavy atom. The molecule has 14 heavy (non-hydrogen) atoms.